The molecule has 2 aliphatic rings. The van der Waals surface area contributed by atoms with Crippen molar-refractivity contribution in [3.63, 3.8) is 0 Å². The molecule has 7 heteroatoms. The van der Waals surface area contributed by atoms with E-state index < -0.39 is 11.9 Å². The lowest BCUT2D eigenvalue weighted by Crippen LogP contribution is -2.30. The summed E-state index contributed by atoms with van der Waals surface area (Å²) in [6, 6.07) is -0.0545. The van der Waals surface area contributed by atoms with E-state index in [9.17, 15) is 14.4 Å². The molecule has 0 aromatic carbocycles. The van der Waals surface area contributed by atoms with Gasteiger partial charge in [0.25, 0.3) is 0 Å². The lowest BCUT2D eigenvalue weighted by atomic mass is 10.2. The van der Waals surface area contributed by atoms with Crippen molar-refractivity contribution in [2.75, 3.05) is 13.2 Å². The molecule has 0 spiro atoms. The summed E-state index contributed by atoms with van der Waals surface area (Å²) in [6.45, 7) is 4.15. The van der Waals surface area contributed by atoms with Crippen molar-refractivity contribution in [3.05, 3.63) is 24.4 Å². The number of hydrogen-bond donors (Lipinski definition) is 2. The standard InChI is InChI=1S/C15H20N2O5/c1-10-2-3-11(16-10)8-21-14(19)6-7-15(20)22-9-12-4-5-13(18)17-12/h6-7,11-12,16H,1-5,8-9H2,(H,17,18)/b7-6+. The highest BCUT2D eigenvalue weighted by Crippen LogP contribution is 2.13. The summed E-state index contributed by atoms with van der Waals surface area (Å²) < 4.78 is 9.97. The molecular weight excluding hydrogens is 288 g/mol. The van der Waals surface area contributed by atoms with E-state index in [2.05, 4.69) is 17.2 Å². The largest absolute Gasteiger partial charge is 0.460 e. The van der Waals surface area contributed by atoms with Crippen molar-refractivity contribution in [2.24, 2.45) is 0 Å². The van der Waals surface area contributed by atoms with E-state index in [-0.39, 0.29) is 31.2 Å². The molecule has 0 saturated carbocycles. The molecule has 2 saturated heterocycles. The number of nitrogens with one attached hydrogen (secondary N) is 2. The second kappa shape index (κ2) is 7.63. The van der Waals surface area contributed by atoms with Gasteiger partial charge >= 0.3 is 11.9 Å². The maximum Gasteiger partial charge on any atom is 0.331 e. The van der Waals surface area contributed by atoms with Gasteiger partial charge in [0.1, 0.15) is 13.2 Å². The van der Waals surface area contributed by atoms with Crippen LogP contribution in [0.3, 0.4) is 0 Å². The van der Waals surface area contributed by atoms with Gasteiger partial charge in [-0.25, -0.2) is 9.59 Å². The Bertz CT molecular complexity index is 456. The van der Waals surface area contributed by atoms with Crippen LogP contribution in [0.4, 0.5) is 0 Å². The van der Waals surface area contributed by atoms with Crippen LogP contribution in [0.5, 0.6) is 0 Å². The Hall–Kier alpha value is -2.31. The van der Waals surface area contributed by atoms with E-state index in [4.69, 9.17) is 9.47 Å². The van der Waals surface area contributed by atoms with E-state index in [1.54, 1.807) is 0 Å². The molecule has 22 heavy (non-hydrogen) atoms. The predicted molar refractivity (Wildman–Crippen MR) is 77.5 cm³/mol. The Morgan fingerprint density at radius 1 is 1.05 bits per heavy atom. The van der Waals surface area contributed by atoms with Crippen molar-refractivity contribution < 1.29 is 23.9 Å². The zero-order valence-corrected chi connectivity index (χ0v) is 12.3. The van der Waals surface area contributed by atoms with Gasteiger partial charge in [0.2, 0.25) is 5.91 Å². The molecule has 2 unspecified atom stereocenters. The third kappa shape index (κ3) is 5.23. The zero-order valence-electron chi connectivity index (χ0n) is 12.3. The minimum atomic E-state index is -0.634. The van der Waals surface area contributed by atoms with Gasteiger partial charge in [-0.2, -0.15) is 0 Å². The van der Waals surface area contributed by atoms with E-state index >= 15 is 0 Å². The Kier molecular flexibility index (Phi) is 5.57. The van der Waals surface area contributed by atoms with Crippen LogP contribution in [0.25, 0.3) is 0 Å². The fourth-order valence-electron chi connectivity index (χ4n) is 2.31. The summed E-state index contributed by atoms with van der Waals surface area (Å²) in [6.07, 6.45) is 4.93. The highest BCUT2D eigenvalue weighted by atomic mass is 16.5. The van der Waals surface area contributed by atoms with E-state index in [1.165, 1.54) is 0 Å². The van der Waals surface area contributed by atoms with Crippen LogP contribution < -0.4 is 10.6 Å². The molecule has 2 atom stereocenters. The normalized spacial score (nSPS) is 24.2. The molecule has 120 valence electrons. The molecular formula is C15H20N2O5. The van der Waals surface area contributed by atoms with Gasteiger partial charge in [0.15, 0.2) is 0 Å². The van der Waals surface area contributed by atoms with Crippen molar-refractivity contribution in [3.8, 4) is 0 Å². The summed E-state index contributed by atoms with van der Waals surface area (Å²) in [5.41, 5.74) is 0.944. The summed E-state index contributed by atoms with van der Waals surface area (Å²) in [4.78, 5) is 33.9. The molecule has 0 aliphatic carbocycles. The molecule has 0 aromatic heterocycles. The van der Waals surface area contributed by atoms with Gasteiger partial charge in [-0.15, -0.1) is 0 Å². The zero-order chi connectivity index (χ0) is 15.9. The van der Waals surface area contributed by atoms with E-state index in [0.717, 1.165) is 30.7 Å². The minimum Gasteiger partial charge on any atom is -0.460 e. The summed E-state index contributed by atoms with van der Waals surface area (Å²) >= 11 is 0. The SMILES string of the molecule is C=C1CCC(COC(=O)/C=C/C(=O)OCC2CCC(=O)N2)N1. The van der Waals surface area contributed by atoms with E-state index in [0.29, 0.717) is 12.8 Å². The number of carbonyl (C=O) groups is 3. The first-order valence-electron chi connectivity index (χ1n) is 7.28. The molecule has 0 aromatic rings. The average Bonchev–Trinajstić information content (AvgIpc) is 3.09. The smallest absolute Gasteiger partial charge is 0.331 e. The molecule has 1 amide bonds. The van der Waals surface area contributed by atoms with Crippen LogP contribution in [0.2, 0.25) is 0 Å². The van der Waals surface area contributed by atoms with Gasteiger partial charge in [0, 0.05) is 24.3 Å². The fourth-order valence-corrected chi connectivity index (χ4v) is 2.31. The maximum atomic E-state index is 11.5. The topological polar surface area (TPSA) is 93.7 Å². The van der Waals surface area contributed by atoms with Crippen LogP contribution in [-0.2, 0) is 23.9 Å². The Balaban J connectivity index is 1.60. The van der Waals surface area contributed by atoms with Crippen molar-refractivity contribution >= 4 is 17.8 Å². The first kappa shape index (κ1) is 16.1. The van der Waals surface area contributed by atoms with Crippen LogP contribution in [-0.4, -0.2) is 43.1 Å². The van der Waals surface area contributed by atoms with Gasteiger partial charge in [-0.1, -0.05) is 6.58 Å². The lowest BCUT2D eigenvalue weighted by Gasteiger charge is -2.10. The molecule has 7 nitrogen and oxygen atoms in total. The molecule has 0 bridgehead atoms. The average molecular weight is 308 g/mol. The first-order valence-corrected chi connectivity index (χ1v) is 7.28. The number of esters is 2. The highest BCUT2D eigenvalue weighted by Gasteiger charge is 2.21. The second-order valence-electron chi connectivity index (χ2n) is 5.38. The van der Waals surface area contributed by atoms with Crippen LogP contribution >= 0.6 is 0 Å². The lowest BCUT2D eigenvalue weighted by molar-refractivity contribution is -0.141. The monoisotopic (exact) mass is 308 g/mol. The van der Waals surface area contributed by atoms with Crippen molar-refractivity contribution in [1.29, 1.82) is 0 Å². The van der Waals surface area contributed by atoms with Gasteiger partial charge in [-0.05, 0) is 19.3 Å². The van der Waals surface area contributed by atoms with Gasteiger partial charge in [-0.3, -0.25) is 4.79 Å². The fraction of sp³-hybridized carbons (Fsp3) is 0.533. The molecule has 2 fully saturated rings. The summed E-state index contributed by atoms with van der Waals surface area (Å²) in [5.74, 6) is -1.26. The Morgan fingerprint density at radius 3 is 2.05 bits per heavy atom. The first-order chi connectivity index (χ1) is 10.5. The highest BCUT2D eigenvalue weighted by molar-refractivity contribution is 5.91. The van der Waals surface area contributed by atoms with Crippen molar-refractivity contribution in [2.45, 2.75) is 37.8 Å². The Labute approximate surface area is 128 Å². The number of amides is 1. The minimum absolute atomic E-state index is 0.0385. The molecule has 2 heterocycles. The molecule has 2 rings (SSSR count). The quantitative estimate of drug-likeness (QED) is 0.537. The number of hydrogen-bond acceptors (Lipinski definition) is 6. The number of ether oxygens (including phenoxy) is 2. The maximum absolute atomic E-state index is 11.5. The predicted octanol–water partition coefficient (Wildman–Crippen LogP) is 0.173. The number of carbonyl (C=O) groups excluding carboxylic acids is 3. The van der Waals surface area contributed by atoms with Crippen molar-refractivity contribution in [1.82, 2.24) is 10.6 Å². The third-order valence-electron chi connectivity index (χ3n) is 3.50. The molecule has 2 aliphatic heterocycles. The number of allylic oxidation sites excluding steroid dienone is 1. The van der Waals surface area contributed by atoms with Crippen LogP contribution in [0.1, 0.15) is 25.7 Å². The summed E-state index contributed by atoms with van der Waals surface area (Å²) in [5, 5.41) is 5.79. The van der Waals surface area contributed by atoms with E-state index in [1.807, 2.05) is 0 Å². The molecule has 0 radical (unpaired) electrons. The number of rotatable bonds is 6. The van der Waals surface area contributed by atoms with Crippen LogP contribution in [0, 0.1) is 0 Å². The van der Waals surface area contributed by atoms with Gasteiger partial charge in [0.05, 0.1) is 12.1 Å². The third-order valence-corrected chi connectivity index (χ3v) is 3.50. The summed E-state index contributed by atoms with van der Waals surface area (Å²) in [7, 11) is 0. The molecule has 2 N–H and O–H groups in total. The van der Waals surface area contributed by atoms with Crippen LogP contribution in [0.15, 0.2) is 24.4 Å². The van der Waals surface area contributed by atoms with Gasteiger partial charge < -0.3 is 20.1 Å². The Morgan fingerprint density at radius 2 is 1.59 bits per heavy atom. The second-order valence-corrected chi connectivity index (χ2v) is 5.38.